The normalized spacial score (nSPS) is 12.7. The second-order valence-electron chi connectivity index (χ2n) is 3.87. The number of H-pyrrole nitrogens is 1. The second-order valence-corrected chi connectivity index (χ2v) is 3.87. The van der Waals surface area contributed by atoms with Gasteiger partial charge in [0, 0.05) is 12.5 Å². The van der Waals surface area contributed by atoms with Gasteiger partial charge in [0.2, 0.25) is 5.82 Å². The lowest BCUT2D eigenvalue weighted by atomic mass is 10.1. The van der Waals surface area contributed by atoms with Crippen molar-refractivity contribution in [2.24, 2.45) is 0 Å². The number of rotatable bonds is 0. The van der Waals surface area contributed by atoms with Gasteiger partial charge in [-0.2, -0.15) is 5.10 Å². The maximum Gasteiger partial charge on any atom is 0.356 e. The molecule has 1 N–H and O–H groups in total. The molecule has 0 amide bonds. The number of fused-ring (bicyclic) bond motifs is 1. The lowest BCUT2D eigenvalue weighted by Gasteiger charge is -1.98. The Kier molecular flexibility index (Phi) is 2.11. The molecule has 0 atom stereocenters. The predicted octanol–water partition coefficient (Wildman–Crippen LogP) is 0.284. The van der Waals surface area contributed by atoms with Gasteiger partial charge in [-0.15, -0.1) is 4.52 Å². The van der Waals surface area contributed by atoms with Crippen LogP contribution in [0.4, 0.5) is 0 Å². The van der Waals surface area contributed by atoms with Gasteiger partial charge in [0.15, 0.2) is 0 Å². The zero-order chi connectivity index (χ0) is 11.2. The fourth-order valence-corrected chi connectivity index (χ4v) is 1.92. The second kappa shape index (κ2) is 3.19. The molecule has 2 aromatic rings. The van der Waals surface area contributed by atoms with Crippen LogP contribution < -0.4 is 15.1 Å². The molecule has 0 aliphatic rings. The van der Waals surface area contributed by atoms with E-state index >= 15 is 0 Å². The van der Waals surface area contributed by atoms with Gasteiger partial charge in [0.05, 0.1) is 5.22 Å². The van der Waals surface area contributed by atoms with Gasteiger partial charge in [-0.05, 0) is 37.9 Å². The van der Waals surface area contributed by atoms with E-state index in [0.717, 1.165) is 16.8 Å². The molecule has 0 aliphatic carbocycles. The monoisotopic (exact) mass is 202 g/mol. The average Bonchev–Trinajstić information content (AvgIpc) is 2.58. The van der Waals surface area contributed by atoms with E-state index in [2.05, 4.69) is 36.6 Å². The van der Waals surface area contributed by atoms with Crippen molar-refractivity contribution < 1.29 is 4.52 Å². The molecule has 2 heterocycles. The van der Waals surface area contributed by atoms with E-state index in [9.17, 15) is 0 Å². The number of pyridine rings is 1. The van der Waals surface area contributed by atoms with Crippen molar-refractivity contribution in [3.05, 3.63) is 27.5 Å². The Morgan fingerprint density at radius 1 is 1.27 bits per heavy atom. The zero-order valence-corrected chi connectivity index (χ0v) is 9.68. The van der Waals surface area contributed by atoms with E-state index in [1.54, 1.807) is 0 Å². The highest BCUT2D eigenvalue weighted by atomic mass is 15.3. The third-order valence-corrected chi connectivity index (χ3v) is 2.96. The standard InChI is InChI=1S/C12H15N3/c1-6-11-8(3)7(2)9(4)15-12(11)13-10(5)14-15/h6H,4H2,1-3,5H3/p+1/b11-6-. The van der Waals surface area contributed by atoms with E-state index in [0.29, 0.717) is 0 Å². The molecule has 0 spiro atoms. The van der Waals surface area contributed by atoms with Crippen molar-refractivity contribution in [3.8, 4) is 0 Å². The number of aromatic nitrogens is 3. The Labute approximate surface area is 88.8 Å². The van der Waals surface area contributed by atoms with Gasteiger partial charge in [0.1, 0.15) is 5.35 Å². The summed E-state index contributed by atoms with van der Waals surface area (Å²) in [5.41, 5.74) is 3.43. The molecule has 78 valence electrons. The Balaban J connectivity index is 3.19. The van der Waals surface area contributed by atoms with Crippen LogP contribution in [0, 0.1) is 20.8 Å². The number of aromatic amines is 1. The van der Waals surface area contributed by atoms with Crippen molar-refractivity contribution in [3.63, 3.8) is 0 Å². The first-order valence-corrected chi connectivity index (χ1v) is 5.09. The van der Waals surface area contributed by atoms with E-state index in [4.69, 9.17) is 0 Å². The lowest BCUT2D eigenvalue weighted by molar-refractivity contribution is -0.592. The van der Waals surface area contributed by atoms with Crippen LogP contribution in [0.25, 0.3) is 18.3 Å². The Hall–Kier alpha value is -1.64. The SMILES string of the molecule is C=c1c(C)c(C)/c(=C/C)c2nc(C)[nH][n+]12. The van der Waals surface area contributed by atoms with E-state index in [1.165, 1.54) is 16.3 Å². The van der Waals surface area contributed by atoms with Crippen LogP contribution in [-0.2, 0) is 0 Å². The fourth-order valence-electron chi connectivity index (χ4n) is 1.92. The molecule has 2 aromatic heterocycles. The number of hydrogen-bond donors (Lipinski definition) is 1. The summed E-state index contributed by atoms with van der Waals surface area (Å²) in [7, 11) is 0. The summed E-state index contributed by atoms with van der Waals surface area (Å²) in [6, 6.07) is 0. The van der Waals surface area contributed by atoms with E-state index in [1.807, 2.05) is 18.4 Å². The Morgan fingerprint density at radius 2 is 1.93 bits per heavy atom. The Morgan fingerprint density at radius 3 is 2.53 bits per heavy atom. The summed E-state index contributed by atoms with van der Waals surface area (Å²) in [5, 5.41) is 5.36. The largest absolute Gasteiger partial charge is 0.356 e. The van der Waals surface area contributed by atoms with Crippen LogP contribution in [0.3, 0.4) is 0 Å². The quantitative estimate of drug-likeness (QED) is 0.612. The summed E-state index contributed by atoms with van der Waals surface area (Å²) in [4.78, 5) is 4.48. The lowest BCUT2D eigenvalue weighted by Crippen LogP contribution is -2.47. The van der Waals surface area contributed by atoms with Crippen LogP contribution in [0.15, 0.2) is 0 Å². The molecule has 0 aliphatic heterocycles. The maximum atomic E-state index is 4.48. The van der Waals surface area contributed by atoms with E-state index < -0.39 is 0 Å². The summed E-state index contributed by atoms with van der Waals surface area (Å²) in [6.07, 6.45) is 2.09. The van der Waals surface area contributed by atoms with Crippen LogP contribution in [0.1, 0.15) is 23.9 Å². The minimum Gasteiger partial charge on any atom is -0.186 e. The minimum absolute atomic E-state index is 0.910. The first kappa shape index (κ1) is 9.90. The summed E-state index contributed by atoms with van der Waals surface area (Å²) in [5.74, 6) is 0.910. The number of nitrogens with zero attached hydrogens (tertiary/aromatic N) is 2. The maximum absolute atomic E-state index is 4.48. The summed E-state index contributed by atoms with van der Waals surface area (Å²) in [6.45, 7) is 12.3. The molecular weight excluding hydrogens is 186 g/mol. The van der Waals surface area contributed by atoms with Crippen LogP contribution in [0.2, 0.25) is 0 Å². The predicted molar refractivity (Wildman–Crippen MR) is 60.9 cm³/mol. The third-order valence-electron chi connectivity index (χ3n) is 2.96. The molecule has 0 fully saturated rings. The van der Waals surface area contributed by atoms with Crippen LogP contribution in [-0.4, -0.2) is 10.1 Å². The highest BCUT2D eigenvalue weighted by molar-refractivity contribution is 5.45. The first-order chi connectivity index (χ1) is 7.06. The van der Waals surface area contributed by atoms with Crippen molar-refractivity contribution in [1.29, 1.82) is 0 Å². The average molecular weight is 202 g/mol. The smallest absolute Gasteiger partial charge is 0.186 e. The van der Waals surface area contributed by atoms with Crippen molar-refractivity contribution in [1.82, 2.24) is 10.1 Å². The highest BCUT2D eigenvalue weighted by Gasteiger charge is 2.15. The minimum atomic E-state index is 0.910. The van der Waals surface area contributed by atoms with Gasteiger partial charge in [-0.1, -0.05) is 6.08 Å². The molecule has 0 unspecified atom stereocenters. The van der Waals surface area contributed by atoms with Gasteiger partial charge in [-0.3, -0.25) is 0 Å². The topological polar surface area (TPSA) is 32.8 Å². The third kappa shape index (κ3) is 1.27. The molecule has 0 bridgehead atoms. The molecular formula is C12H16N3+. The van der Waals surface area contributed by atoms with Gasteiger partial charge < -0.3 is 0 Å². The van der Waals surface area contributed by atoms with Crippen molar-refractivity contribution in [2.45, 2.75) is 27.7 Å². The first-order valence-electron chi connectivity index (χ1n) is 5.09. The van der Waals surface area contributed by atoms with Gasteiger partial charge in [-0.25, -0.2) is 0 Å². The molecule has 0 saturated carbocycles. The number of hydrogen-bond acceptors (Lipinski definition) is 1. The molecule has 2 rings (SSSR count). The van der Waals surface area contributed by atoms with Crippen LogP contribution in [0.5, 0.6) is 0 Å². The molecule has 0 saturated heterocycles. The fraction of sp³-hybridized carbons (Fsp3) is 0.333. The number of aryl methyl sites for hydroxylation is 1. The number of nitrogens with one attached hydrogen (secondary N) is 1. The van der Waals surface area contributed by atoms with Crippen molar-refractivity contribution in [2.75, 3.05) is 0 Å². The summed E-state index contributed by atoms with van der Waals surface area (Å²) < 4.78 is 1.95. The Bertz CT molecular complexity index is 635. The molecule has 3 heteroatoms. The van der Waals surface area contributed by atoms with Crippen molar-refractivity contribution >= 4 is 18.3 Å². The van der Waals surface area contributed by atoms with E-state index in [-0.39, 0.29) is 0 Å². The molecule has 0 radical (unpaired) electrons. The van der Waals surface area contributed by atoms with Crippen LogP contribution >= 0.6 is 0 Å². The highest BCUT2D eigenvalue weighted by Crippen LogP contribution is 1.94. The summed E-state index contributed by atoms with van der Waals surface area (Å²) >= 11 is 0. The molecule has 0 aromatic carbocycles. The molecule has 15 heavy (non-hydrogen) atoms. The zero-order valence-electron chi connectivity index (χ0n) is 9.68. The van der Waals surface area contributed by atoms with Gasteiger partial charge in [0.25, 0.3) is 0 Å². The molecule has 3 nitrogen and oxygen atoms in total. The van der Waals surface area contributed by atoms with Gasteiger partial charge >= 0.3 is 5.65 Å².